The molecule has 1 N–H and O–H groups in total. The van der Waals surface area contributed by atoms with Crippen LogP contribution >= 0.6 is 15.9 Å². The van der Waals surface area contributed by atoms with Crippen LogP contribution in [0.3, 0.4) is 0 Å². The molecule has 0 fully saturated rings. The summed E-state index contributed by atoms with van der Waals surface area (Å²) in [5.41, 5.74) is 0.920. The first kappa shape index (κ1) is 15.6. The molecule has 0 saturated heterocycles. The Morgan fingerprint density at radius 1 is 1.33 bits per heavy atom. The molecule has 1 rings (SSSR count). The van der Waals surface area contributed by atoms with Gasteiger partial charge in [-0.25, -0.2) is 4.39 Å². The number of hydrogen-bond acceptors (Lipinski definition) is 3. The summed E-state index contributed by atoms with van der Waals surface area (Å²) in [7, 11) is 4.03. The summed E-state index contributed by atoms with van der Waals surface area (Å²) >= 11 is 3.40. The summed E-state index contributed by atoms with van der Waals surface area (Å²) in [4.78, 5) is 2.08. The Labute approximate surface area is 116 Å². The van der Waals surface area contributed by atoms with Gasteiger partial charge in [0.25, 0.3) is 0 Å². The normalized spacial score (nSPS) is 11.2. The first-order chi connectivity index (χ1) is 8.59. The summed E-state index contributed by atoms with van der Waals surface area (Å²) in [6.07, 6.45) is 0. The van der Waals surface area contributed by atoms with Crippen LogP contribution in [0, 0.1) is 5.82 Å². The van der Waals surface area contributed by atoms with Crippen molar-refractivity contribution in [2.24, 2.45) is 0 Å². The van der Waals surface area contributed by atoms with Gasteiger partial charge in [-0.05, 0) is 37.9 Å². The van der Waals surface area contributed by atoms with E-state index in [2.05, 4.69) is 26.1 Å². The lowest BCUT2D eigenvalue weighted by molar-refractivity contribution is 0.119. The molecule has 0 bridgehead atoms. The predicted molar refractivity (Wildman–Crippen MR) is 75.2 cm³/mol. The first-order valence-electron chi connectivity index (χ1n) is 5.96. The number of rotatable bonds is 8. The second kappa shape index (κ2) is 8.58. The molecule has 3 nitrogen and oxygen atoms in total. The molecule has 1 aromatic rings. The van der Waals surface area contributed by atoms with E-state index in [4.69, 9.17) is 4.74 Å². The molecule has 0 amide bonds. The molecule has 0 unspecified atom stereocenters. The zero-order valence-corrected chi connectivity index (χ0v) is 12.5. The molecule has 5 heteroatoms. The molecular formula is C13H20BrFN2O. The van der Waals surface area contributed by atoms with Crippen molar-refractivity contribution < 1.29 is 9.13 Å². The standard InChI is InChI=1S/C13H20BrFN2O/c1-17(2)6-8-18-7-5-16-10-11-9-12(15)3-4-13(11)14/h3-4,9,16H,5-8,10H2,1-2H3. The van der Waals surface area contributed by atoms with Crippen LogP contribution < -0.4 is 5.32 Å². The minimum Gasteiger partial charge on any atom is -0.379 e. The first-order valence-corrected chi connectivity index (χ1v) is 6.76. The van der Waals surface area contributed by atoms with Crippen molar-refractivity contribution in [2.45, 2.75) is 6.54 Å². The predicted octanol–water partition coefficient (Wildman–Crippen LogP) is 2.26. The molecule has 0 radical (unpaired) electrons. The van der Waals surface area contributed by atoms with E-state index in [1.54, 1.807) is 6.07 Å². The average Bonchev–Trinajstić information content (AvgIpc) is 2.32. The second-order valence-corrected chi connectivity index (χ2v) is 5.18. The molecular weight excluding hydrogens is 299 g/mol. The fourth-order valence-electron chi connectivity index (χ4n) is 1.40. The fraction of sp³-hybridized carbons (Fsp3) is 0.538. The third kappa shape index (κ3) is 6.44. The third-order valence-corrected chi connectivity index (χ3v) is 3.20. The Morgan fingerprint density at radius 2 is 2.11 bits per heavy atom. The number of nitrogens with zero attached hydrogens (tertiary/aromatic N) is 1. The highest BCUT2D eigenvalue weighted by atomic mass is 79.9. The Hall–Kier alpha value is -0.490. The molecule has 0 aliphatic heterocycles. The van der Waals surface area contributed by atoms with Gasteiger partial charge in [-0.3, -0.25) is 0 Å². The lowest BCUT2D eigenvalue weighted by Gasteiger charge is -2.10. The summed E-state index contributed by atoms with van der Waals surface area (Å²) in [6, 6.07) is 4.70. The molecule has 0 spiro atoms. The van der Waals surface area contributed by atoms with Gasteiger partial charge in [-0.2, -0.15) is 0 Å². The second-order valence-electron chi connectivity index (χ2n) is 4.33. The molecule has 0 aliphatic carbocycles. The van der Waals surface area contributed by atoms with Crippen LogP contribution in [-0.2, 0) is 11.3 Å². The molecule has 1 aromatic carbocycles. The lowest BCUT2D eigenvalue weighted by Crippen LogP contribution is -2.23. The van der Waals surface area contributed by atoms with E-state index in [-0.39, 0.29) is 5.82 Å². The van der Waals surface area contributed by atoms with Crippen LogP contribution in [0.2, 0.25) is 0 Å². The Balaban J connectivity index is 2.12. The van der Waals surface area contributed by atoms with E-state index < -0.39 is 0 Å². The number of benzene rings is 1. The monoisotopic (exact) mass is 318 g/mol. The van der Waals surface area contributed by atoms with Crippen molar-refractivity contribution in [2.75, 3.05) is 40.4 Å². The SMILES string of the molecule is CN(C)CCOCCNCc1cc(F)ccc1Br. The molecule has 0 aliphatic rings. The van der Waals surface area contributed by atoms with Crippen molar-refractivity contribution >= 4 is 15.9 Å². The van der Waals surface area contributed by atoms with E-state index in [0.717, 1.165) is 29.7 Å². The average molecular weight is 319 g/mol. The number of nitrogens with one attached hydrogen (secondary N) is 1. The van der Waals surface area contributed by atoms with Crippen molar-refractivity contribution in [3.63, 3.8) is 0 Å². The number of likely N-dealkylation sites (N-methyl/N-ethyl adjacent to an activating group) is 1. The molecule has 102 valence electrons. The molecule has 18 heavy (non-hydrogen) atoms. The van der Waals surface area contributed by atoms with Gasteiger partial charge in [-0.1, -0.05) is 15.9 Å². The summed E-state index contributed by atoms with van der Waals surface area (Å²) in [6.45, 7) is 3.72. The summed E-state index contributed by atoms with van der Waals surface area (Å²) < 4.78 is 19.4. The minimum absolute atomic E-state index is 0.211. The summed E-state index contributed by atoms with van der Waals surface area (Å²) in [5.74, 6) is -0.211. The number of ether oxygens (including phenoxy) is 1. The number of halogens is 2. The Bertz CT molecular complexity index is 361. The maximum absolute atomic E-state index is 13.0. The van der Waals surface area contributed by atoms with Crippen LogP contribution in [0.5, 0.6) is 0 Å². The third-order valence-electron chi connectivity index (χ3n) is 2.43. The van der Waals surface area contributed by atoms with Crippen molar-refractivity contribution in [3.8, 4) is 0 Å². The van der Waals surface area contributed by atoms with Gasteiger partial charge in [0.15, 0.2) is 0 Å². The molecule has 0 atom stereocenters. The Kier molecular flexibility index (Phi) is 7.42. The highest BCUT2D eigenvalue weighted by Crippen LogP contribution is 2.17. The van der Waals surface area contributed by atoms with Gasteiger partial charge in [0.2, 0.25) is 0 Å². The van der Waals surface area contributed by atoms with Gasteiger partial charge in [-0.15, -0.1) is 0 Å². The largest absolute Gasteiger partial charge is 0.379 e. The summed E-state index contributed by atoms with van der Waals surface area (Å²) in [5, 5.41) is 3.22. The maximum Gasteiger partial charge on any atom is 0.123 e. The Morgan fingerprint density at radius 3 is 2.83 bits per heavy atom. The van der Waals surface area contributed by atoms with Gasteiger partial charge in [0.05, 0.1) is 13.2 Å². The minimum atomic E-state index is -0.211. The van der Waals surface area contributed by atoms with Crippen molar-refractivity contribution in [1.29, 1.82) is 0 Å². The topological polar surface area (TPSA) is 24.5 Å². The van der Waals surface area contributed by atoms with Crippen LogP contribution in [-0.4, -0.2) is 45.3 Å². The van der Waals surface area contributed by atoms with E-state index >= 15 is 0 Å². The van der Waals surface area contributed by atoms with Gasteiger partial charge >= 0.3 is 0 Å². The zero-order chi connectivity index (χ0) is 13.4. The van der Waals surface area contributed by atoms with E-state index in [1.165, 1.54) is 12.1 Å². The quantitative estimate of drug-likeness (QED) is 0.744. The van der Waals surface area contributed by atoms with Crippen LogP contribution in [0.1, 0.15) is 5.56 Å². The van der Waals surface area contributed by atoms with E-state index in [0.29, 0.717) is 13.2 Å². The van der Waals surface area contributed by atoms with Gasteiger partial charge < -0.3 is 15.0 Å². The van der Waals surface area contributed by atoms with Crippen molar-refractivity contribution in [1.82, 2.24) is 10.2 Å². The highest BCUT2D eigenvalue weighted by molar-refractivity contribution is 9.10. The molecule has 0 aromatic heterocycles. The van der Waals surface area contributed by atoms with Crippen LogP contribution in [0.15, 0.2) is 22.7 Å². The van der Waals surface area contributed by atoms with Gasteiger partial charge in [0, 0.05) is 24.1 Å². The maximum atomic E-state index is 13.0. The smallest absolute Gasteiger partial charge is 0.123 e. The van der Waals surface area contributed by atoms with E-state index in [1.807, 2.05) is 14.1 Å². The highest BCUT2D eigenvalue weighted by Gasteiger charge is 2.01. The van der Waals surface area contributed by atoms with Gasteiger partial charge in [0.1, 0.15) is 5.82 Å². The number of hydrogen-bond donors (Lipinski definition) is 1. The lowest BCUT2D eigenvalue weighted by atomic mass is 10.2. The van der Waals surface area contributed by atoms with Crippen LogP contribution in [0.4, 0.5) is 4.39 Å². The molecule has 0 heterocycles. The van der Waals surface area contributed by atoms with Crippen LogP contribution in [0.25, 0.3) is 0 Å². The van der Waals surface area contributed by atoms with Crippen molar-refractivity contribution in [3.05, 3.63) is 34.1 Å². The molecule has 0 saturated carbocycles. The fourth-order valence-corrected chi connectivity index (χ4v) is 1.78. The zero-order valence-electron chi connectivity index (χ0n) is 10.9. The van der Waals surface area contributed by atoms with E-state index in [9.17, 15) is 4.39 Å².